The summed E-state index contributed by atoms with van der Waals surface area (Å²) < 4.78 is 25.7. The third-order valence-electron chi connectivity index (χ3n) is 4.47. The Hall–Kier alpha value is -1.63. The van der Waals surface area contributed by atoms with Gasteiger partial charge in [0.1, 0.15) is 0 Å². The van der Waals surface area contributed by atoms with E-state index < -0.39 is 9.84 Å². The fraction of sp³-hybridized carbons (Fsp3) is 0.600. The SMILES string of the molecule is Cc1nn(C)c2ncc(NC3CCCCC3S(C)(=O)=O)cc12. The van der Waals surface area contributed by atoms with E-state index >= 15 is 0 Å². The number of nitrogens with zero attached hydrogens (tertiary/aromatic N) is 3. The summed E-state index contributed by atoms with van der Waals surface area (Å²) in [5.74, 6) is 0. The van der Waals surface area contributed by atoms with Crippen LogP contribution in [-0.2, 0) is 16.9 Å². The predicted octanol–water partition coefficient (Wildman–Crippen LogP) is 2.04. The fourth-order valence-corrected chi connectivity index (χ4v) is 4.77. The fourth-order valence-electron chi connectivity index (χ4n) is 3.38. The van der Waals surface area contributed by atoms with E-state index in [1.807, 2.05) is 20.0 Å². The molecule has 2 unspecified atom stereocenters. The van der Waals surface area contributed by atoms with Gasteiger partial charge in [0.15, 0.2) is 15.5 Å². The van der Waals surface area contributed by atoms with Crippen molar-refractivity contribution >= 4 is 26.6 Å². The molecule has 2 aromatic rings. The van der Waals surface area contributed by atoms with Gasteiger partial charge >= 0.3 is 0 Å². The van der Waals surface area contributed by atoms with Gasteiger partial charge in [-0.1, -0.05) is 12.8 Å². The molecule has 2 heterocycles. The standard InChI is InChI=1S/C15H22N4O2S/c1-10-12-8-11(9-16-15(12)19(2)18-10)17-13-6-4-5-7-14(13)22(3,20)21/h8-9,13-14,17H,4-7H2,1-3H3. The minimum atomic E-state index is -3.04. The first-order chi connectivity index (χ1) is 10.4. The zero-order chi connectivity index (χ0) is 15.9. The van der Waals surface area contributed by atoms with E-state index in [4.69, 9.17) is 0 Å². The maximum absolute atomic E-state index is 12.0. The van der Waals surface area contributed by atoms with Crippen molar-refractivity contribution in [2.24, 2.45) is 7.05 Å². The van der Waals surface area contributed by atoms with Crippen LogP contribution in [0.1, 0.15) is 31.4 Å². The summed E-state index contributed by atoms with van der Waals surface area (Å²) in [5.41, 5.74) is 2.63. The number of hydrogen-bond donors (Lipinski definition) is 1. The van der Waals surface area contributed by atoms with Crippen molar-refractivity contribution in [3.63, 3.8) is 0 Å². The van der Waals surface area contributed by atoms with Crippen LogP contribution in [-0.4, -0.2) is 40.7 Å². The first kappa shape index (κ1) is 15.3. The Balaban J connectivity index is 1.90. The lowest BCUT2D eigenvalue weighted by Crippen LogP contribution is -2.41. The summed E-state index contributed by atoms with van der Waals surface area (Å²) in [6, 6.07) is 1.97. The molecule has 2 aromatic heterocycles. The van der Waals surface area contributed by atoms with Gasteiger partial charge < -0.3 is 5.32 Å². The zero-order valence-electron chi connectivity index (χ0n) is 13.2. The molecule has 120 valence electrons. The summed E-state index contributed by atoms with van der Waals surface area (Å²) in [6.07, 6.45) is 6.75. The predicted molar refractivity (Wildman–Crippen MR) is 87.8 cm³/mol. The number of fused-ring (bicyclic) bond motifs is 1. The average molecular weight is 322 g/mol. The minimum absolute atomic E-state index is 0.0417. The molecule has 7 heteroatoms. The Morgan fingerprint density at radius 1 is 1.32 bits per heavy atom. The van der Waals surface area contributed by atoms with Crippen LogP contribution < -0.4 is 5.32 Å². The van der Waals surface area contributed by atoms with Crippen LogP contribution in [0.25, 0.3) is 11.0 Å². The number of pyridine rings is 1. The van der Waals surface area contributed by atoms with Gasteiger partial charge in [-0.25, -0.2) is 13.4 Å². The summed E-state index contributed by atoms with van der Waals surface area (Å²) in [4.78, 5) is 4.44. The summed E-state index contributed by atoms with van der Waals surface area (Å²) >= 11 is 0. The van der Waals surface area contributed by atoms with Crippen molar-refractivity contribution < 1.29 is 8.42 Å². The van der Waals surface area contributed by atoms with Crippen LogP contribution in [0.3, 0.4) is 0 Å². The van der Waals surface area contributed by atoms with E-state index in [9.17, 15) is 8.42 Å². The second-order valence-electron chi connectivity index (χ2n) is 6.21. The van der Waals surface area contributed by atoms with E-state index in [-0.39, 0.29) is 11.3 Å². The second-order valence-corrected chi connectivity index (χ2v) is 8.47. The highest BCUT2D eigenvalue weighted by Gasteiger charge is 2.32. The van der Waals surface area contributed by atoms with Gasteiger partial charge in [-0.05, 0) is 25.8 Å². The van der Waals surface area contributed by atoms with E-state index in [1.54, 1.807) is 10.9 Å². The smallest absolute Gasteiger partial charge is 0.157 e. The molecule has 0 spiro atoms. The van der Waals surface area contributed by atoms with Gasteiger partial charge in [0, 0.05) is 24.7 Å². The van der Waals surface area contributed by atoms with Crippen molar-refractivity contribution in [3.05, 3.63) is 18.0 Å². The number of sulfone groups is 1. The molecule has 1 saturated carbocycles. The molecule has 6 nitrogen and oxygen atoms in total. The number of nitrogens with one attached hydrogen (secondary N) is 1. The first-order valence-corrected chi connectivity index (χ1v) is 9.56. The van der Waals surface area contributed by atoms with Crippen LogP contribution >= 0.6 is 0 Å². The lowest BCUT2D eigenvalue weighted by atomic mass is 9.94. The van der Waals surface area contributed by atoms with Gasteiger partial charge in [-0.15, -0.1) is 0 Å². The molecule has 0 radical (unpaired) electrons. The molecular weight excluding hydrogens is 300 g/mol. The molecule has 1 aliphatic carbocycles. The van der Waals surface area contributed by atoms with Gasteiger partial charge in [0.2, 0.25) is 0 Å². The molecule has 0 aromatic carbocycles. The highest BCUT2D eigenvalue weighted by molar-refractivity contribution is 7.91. The summed E-state index contributed by atoms with van der Waals surface area (Å²) in [7, 11) is -1.17. The maximum Gasteiger partial charge on any atom is 0.157 e. The molecule has 0 bridgehead atoms. The Morgan fingerprint density at radius 3 is 2.77 bits per heavy atom. The maximum atomic E-state index is 12.0. The number of aryl methyl sites for hydroxylation is 2. The topological polar surface area (TPSA) is 76.9 Å². The van der Waals surface area contributed by atoms with Crippen LogP contribution in [0.15, 0.2) is 12.3 Å². The molecule has 0 amide bonds. The van der Waals surface area contributed by atoms with Gasteiger partial charge in [0.05, 0.1) is 22.8 Å². The average Bonchev–Trinajstić information content (AvgIpc) is 2.73. The van der Waals surface area contributed by atoms with Crippen molar-refractivity contribution in [2.45, 2.75) is 43.9 Å². The zero-order valence-corrected chi connectivity index (χ0v) is 14.0. The third-order valence-corrected chi connectivity index (χ3v) is 6.13. The quantitative estimate of drug-likeness (QED) is 0.936. The second kappa shape index (κ2) is 5.53. The van der Waals surface area contributed by atoms with E-state index in [1.165, 1.54) is 6.26 Å². The molecule has 1 N–H and O–H groups in total. The van der Waals surface area contributed by atoms with Gasteiger partial charge in [-0.2, -0.15) is 5.10 Å². The van der Waals surface area contributed by atoms with Crippen molar-refractivity contribution in [2.75, 3.05) is 11.6 Å². The Kier molecular flexibility index (Phi) is 3.84. The monoisotopic (exact) mass is 322 g/mol. The molecule has 0 saturated heterocycles. The molecule has 22 heavy (non-hydrogen) atoms. The molecule has 0 aliphatic heterocycles. The van der Waals surface area contributed by atoms with E-state index in [0.717, 1.165) is 48.1 Å². The molecule has 1 aliphatic rings. The Labute approximate surface area is 130 Å². The Morgan fingerprint density at radius 2 is 2.05 bits per heavy atom. The van der Waals surface area contributed by atoms with Crippen molar-refractivity contribution in [1.82, 2.24) is 14.8 Å². The van der Waals surface area contributed by atoms with E-state index in [2.05, 4.69) is 15.4 Å². The normalized spacial score (nSPS) is 22.9. The van der Waals surface area contributed by atoms with Crippen LogP contribution in [0.2, 0.25) is 0 Å². The largest absolute Gasteiger partial charge is 0.380 e. The minimum Gasteiger partial charge on any atom is -0.380 e. The number of rotatable bonds is 3. The number of anilines is 1. The lowest BCUT2D eigenvalue weighted by molar-refractivity contribution is 0.452. The number of aromatic nitrogens is 3. The first-order valence-electron chi connectivity index (χ1n) is 7.61. The van der Waals surface area contributed by atoms with Crippen molar-refractivity contribution in [1.29, 1.82) is 0 Å². The van der Waals surface area contributed by atoms with Crippen molar-refractivity contribution in [3.8, 4) is 0 Å². The lowest BCUT2D eigenvalue weighted by Gasteiger charge is -2.31. The van der Waals surface area contributed by atoms with Crippen LogP contribution in [0.4, 0.5) is 5.69 Å². The molecule has 1 fully saturated rings. The number of hydrogen-bond acceptors (Lipinski definition) is 5. The molecule has 3 rings (SSSR count). The van der Waals surface area contributed by atoms with Crippen LogP contribution in [0, 0.1) is 6.92 Å². The summed E-state index contributed by atoms with van der Waals surface area (Å²) in [5, 5.41) is 8.44. The molecular formula is C15H22N4O2S. The highest BCUT2D eigenvalue weighted by Crippen LogP contribution is 2.28. The third kappa shape index (κ3) is 2.82. The van der Waals surface area contributed by atoms with Crippen LogP contribution in [0.5, 0.6) is 0 Å². The molecule has 2 atom stereocenters. The van der Waals surface area contributed by atoms with Gasteiger partial charge in [-0.3, -0.25) is 4.68 Å². The Bertz CT molecular complexity index is 797. The van der Waals surface area contributed by atoms with E-state index in [0.29, 0.717) is 0 Å². The highest BCUT2D eigenvalue weighted by atomic mass is 32.2. The van der Waals surface area contributed by atoms with Gasteiger partial charge in [0.25, 0.3) is 0 Å². The summed E-state index contributed by atoms with van der Waals surface area (Å²) in [6.45, 7) is 1.95.